The third-order valence-corrected chi connectivity index (χ3v) is 1.31. The Morgan fingerprint density at radius 2 is 2.55 bits per heavy atom. The van der Waals surface area contributed by atoms with Crippen molar-refractivity contribution >= 4 is 5.97 Å². The fraction of sp³-hybridized carbons (Fsp3) is 0.600. The Morgan fingerprint density at radius 3 is 3.00 bits per heavy atom. The number of aliphatic carboxylic acids is 1. The van der Waals surface area contributed by atoms with Crippen LogP contribution in [0.5, 0.6) is 0 Å². The normalized spacial score (nSPS) is 12.8. The number of carboxylic acids is 1. The Morgan fingerprint density at radius 1 is 1.82 bits per heavy atom. The zero-order valence-electron chi connectivity index (χ0n) is 5.98. The summed E-state index contributed by atoms with van der Waals surface area (Å²) in [6, 6.07) is 0. The Balaban J connectivity index is 2.50. The fourth-order valence-electron chi connectivity index (χ4n) is 0.643. The van der Waals surface area contributed by atoms with E-state index in [0.29, 0.717) is 12.2 Å². The van der Waals surface area contributed by atoms with Crippen molar-refractivity contribution in [1.82, 2.24) is 20.6 Å². The number of aromatic nitrogens is 4. The fourth-order valence-corrected chi connectivity index (χ4v) is 0.643. The first-order chi connectivity index (χ1) is 5.20. The molecule has 0 saturated carbocycles. The van der Waals surface area contributed by atoms with E-state index >= 15 is 0 Å². The molecule has 0 fully saturated rings. The second-order valence-corrected chi connectivity index (χ2v) is 2.29. The van der Waals surface area contributed by atoms with Crippen molar-refractivity contribution < 1.29 is 9.90 Å². The maximum absolute atomic E-state index is 10.3. The summed E-state index contributed by atoms with van der Waals surface area (Å²) in [7, 11) is 0. The quantitative estimate of drug-likeness (QED) is 0.613. The Kier molecular flexibility index (Phi) is 2.15. The molecule has 1 aromatic rings. The zero-order valence-corrected chi connectivity index (χ0v) is 5.98. The number of hydrogen-bond donors (Lipinski definition) is 2. The lowest BCUT2D eigenvalue weighted by Gasteiger charge is -1.99. The third-order valence-electron chi connectivity index (χ3n) is 1.31. The number of carbonyl (C=O) groups is 1. The molecule has 1 atom stereocenters. The van der Waals surface area contributed by atoms with Crippen LogP contribution in [0.3, 0.4) is 0 Å². The molecule has 0 aliphatic heterocycles. The van der Waals surface area contributed by atoms with E-state index in [1.807, 2.05) is 0 Å². The Labute approximate surface area is 62.6 Å². The van der Waals surface area contributed by atoms with Gasteiger partial charge in [-0.05, 0) is 10.4 Å². The van der Waals surface area contributed by atoms with Crippen molar-refractivity contribution in [1.29, 1.82) is 0 Å². The molecule has 0 bridgehead atoms. The van der Waals surface area contributed by atoms with Crippen LogP contribution in [0.2, 0.25) is 0 Å². The van der Waals surface area contributed by atoms with Crippen LogP contribution in [-0.4, -0.2) is 31.7 Å². The summed E-state index contributed by atoms with van der Waals surface area (Å²) >= 11 is 0. The van der Waals surface area contributed by atoms with Gasteiger partial charge >= 0.3 is 5.97 Å². The van der Waals surface area contributed by atoms with E-state index in [9.17, 15) is 4.79 Å². The Hall–Kier alpha value is -1.46. The predicted octanol–water partition coefficient (Wildman–Crippen LogP) is -0.537. The van der Waals surface area contributed by atoms with Crippen molar-refractivity contribution in [3.05, 3.63) is 5.82 Å². The van der Waals surface area contributed by atoms with Crippen LogP contribution in [0.4, 0.5) is 0 Å². The number of H-pyrrole nitrogens is 1. The molecule has 0 saturated heterocycles. The van der Waals surface area contributed by atoms with Gasteiger partial charge in [-0.25, -0.2) is 5.10 Å². The molecule has 1 heterocycles. The molecular weight excluding hydrogens is 148 g/mol. The minimum Gasteiger partial charge on any atom is -0.481 e. The zero-order chi connectivity index (χ0) is 8.27. The van der Waals surface area contributed by atoms with Crippen molar-refractivity contribution in [2.45, 2.75) is 13.3 Å². The summed E-state index contributed by atoms with van der Waals surface area (Å²) in [6.45, 7) is 1.60. The van der Waals surface area contributed by atoms with Crippen molar-refractivity contribution in [3.8, 4) is 0 Å². The summed E-state index contributed by atoms with van der Waals surface area (Å²) in [5, 5.41) is 21.2. The molecule has 0 spiro atoms. The van der Waals surface area contributed by atoms with Gasteiger partial charge in [0.15, 0.2) is 0 Å². The maximum atomic E-state index is 10.3. The molecule has 6 heteroatoms. The van der Waals surface area contributed by atoms with Crippen LogP contribution in [0.15, 0.2) is 0 Å². The number of carboxylic acid groups (broad SMARTS) is 1. The first kappa shape index (κ1) is 7.64. The number of nitrogens with zero attached hydrogens (tertiary/aromatic N) is 3. The Bertz CT molecular complexity index is 233. The first-order valence-electron chi connectivity index (χ1n) is 3.15. The molecular formula is C5H8N4O2. The number of hydrogen-bond acceptors (Lipinski definition) is 4. The first-order valence-corrected chi connectivity index (χ1v) is 3.15. The topological polar surface area (TPSA) is 91.8 Å². The van der Waals surface area contributed by atoms with E-state index in [4.69, 9.17) is 5.11 Å². The molecule has 0 amide bonds. The molecule has 11 heavy (non-hydrogen) atoms. The highest BCUT2D eigenvalue weighted by Gasteiger charge is 2.13. The molecule has 2 N–H and O–H groups in total. The van der Waals surface area contributed by atoms with E-state index in [-0.39, 0.29) is 0 Å². The van der Waals surface area contributed by atoms with Crippen molar-refractivity contribution in [2.75, 3.05) is 0 Å². The largest absolute Gasteiger partial charge is 0.481 e. The number of aromatic amines is 1. The molecule has 1 aromatic heterocycles. The number of nitrogens with one attached hydrogen (secondary N) is 1. The highest BCUT2D eigenvalue weighted by Crippen LogP contribution is 2.01. The molecule has 0 aromatic carbocycles. The molecule has 1 rings (SSSR count). The molecule has 60 valence electrons. The van der Waals surface area contributed by atoms with Crippen LogP contribution in [-0.2, 0) is 11.2 Å². The van der Waals surface area contributed by atoms with Gasteiger partial charge in [-0.1, -0.05) is 6.92 Å². The molecule has 0 aliphatic carbocycles. The van der Waals surface area contributed by atoms with E-state index in [0.717, 1.165) is 0 Å². The van der Waals surface area contributed by atoms with Gasteiger partial charge in [-0.2, -0.15) is 0 Å². The number of rotatable bonds is 3. The average molecular weight is 156 g/mol. The van der Waals surface area contributed by atoms with E-state index in [1.165, 1.54) is 0 Å². The van der Waals surface area contributed by atoms with Gasteiger partial charge in [0.2, 0.25) is 0 Å². The highest BCUT2D eigenvalue weighted by molar-refractivity contribution is 5.69. The maximum Gasteiger partial charge on any atom is 0.306 e. The second-order valence-electron chi connectivity index (χ2n) is 2.29. The summed E-state index contributed by atoms with van der Waals surface area (Å²) in [5.74, 6) is -0.800. The van der Waals surface area contributed by atoms with Crippen LogP contribution < -0.4 is 0 Å². The smallest absolute Gasteiger partial charge is 0.306 e. The van der Waals surface area contributed by atoms with E-state index in [2.05, 4.69) is 20.6 Å². The molecule has 6 nitrogen and oxygen atoms in total. The molecule has 0 aliphatic rings. The van der Waals surface area contributed by atoms with Gasteiger partial charge in [-0.3, -0.25) is 4.79 Å². The van der Waals surface area contributed by atoms with Gasteiger partial charge in [0, 0.05) is 6.42 Å². The SMILES string of the molecule is CC(Cc1nnn[nH]1)C(=O)O. The predicted molar refractivity (Wildman–Crippen MR) is 34.7 cm³/mol. The van der Waals surface area contributed by atoms with Crippen molar-refractivity contribution in [2.24, 2.45) is 5.92 Å². The van der Waals surface area contributed by atoms with E-state index < -0.39 is 11.9 Å². The lowest BCUT2D eigenvalue weighted by atomic mass is 10.1. The van der Waals surface area contributed by atoms with Gasteiger partial charge in [-0.15, -0.1) is 5.10 Å². The van der Waals surface area contributed by atoms with Crippen LogP contribution in [0, 0.1) is 5.92 Å². The van der Waals surface area contributed by atoms with E-state index in [1.54, 1.807) is 6.92 Å². The third kappa shape index (κ3) is 1.99. The molecule has 1 unspecified atom stereocenters. The number of tetrazole rings is 1. The average Bonchev–Trinajstić information content (AvgIpc) is 2.39. The van der Waals surface area contributed by atoms with Gasteiger partial charge in [0.1, 0.15) is 5.82 Å². The van der Waals surface area contributed by atoms with Crippen molar-refractivity contribution in [3.63, 3.8) is 0 Å². The minimum atomic E-state index is -0.846. The standard InChI is InChI=1S/C5H8N4O2/c1-3(5(10)11)2-4-6-8-9-7-4/h3H,2H2,1H3,(H,10,11)(H,6,7,8,9). The van der Waals surface area contributed by atoms with Gasteiger partial charge in [0.25, 0.3) is 0 Å². The lowest BCUT2D eigenvalue weighted by Crippen LogP contribution is -2.13. The summed E-state index contributed by atoms with van der Waals surface area (Å²) in [6.07, 6.45) is 0.336. The highest BCUT2D eigenvalue weighted by atomic mass is 16.4. The van der Waals surface area contributed by atoms with Crippen LogP contribution in [0.1, 0.15) is 12.7 Å². The summed E-state index contributed by atoms with van der Waals surface area (Å²) in [4.78, 5) is 10.3. The second kappa shape index (κ2) is 3.09. The van der Waals surface area contributed by atoms with Gasteiger partial charge in [0.05, 0.1) is 5.92 Å². The lowest BCUT2D eigenvalue weighted by molar-refractivity contribution is -0.141. The van der Waals surface area contributed by atoms with Gasteiger partial charge < -0.3 is 5.11 Å². The van der Waals surface area contributed by atoms with Crippen LogP contribution in [0.25, 0.3) is 0 Å². The monoisotopic (exact) mass is 156 g/mol. The van der Waals surface area contributed by atoms with Crippen LogP contribution >= 0.6 is 0 Å². The molecule has 0 radical (unpaired) electrons. The summed E-state index contributed by atoms with van der Waals surface area (Å²) in [5.41, 5.74) is 0. The minimum absolute atomic E-state index is 0.336. The summed E-state index contributed by atoms with van der Waals surface area (Å²) < 4.78 is 0.